The van der Waals surface area contributed by atoms with Gasteiger partial charge >= 0.3 is 0 Å². The minimum Gasteiger partial charge on any atom is -0.398 e. The fraction of sp³-hybridized carbons (Fsp3) is 0.500. The molecule has 0 saturated carbocycles. The van der Waals surface area contributed by atoms with Crippen LogP contribution >= 0.6 is 11.8 Å². The van der Waals surface area contributed by atoms with Crippen LogP contribution in [0.4, 0.5) is 5.69 Å². The van der Waals surface area contributed by atoms with Crippen molar-refractivity contribution in [2.24, 2.45) is 0 Å². The molecule has 0 radical (unpaired) electrons. The Morgan fingerprint density at radius 3 is 2.73 bits per heavy atom. The lowest BCUT2D eigenvalue weighted by atomic mass is 10.2. The molecule has 0 fully saturated rings. The number of hydrogen-bond acceptors (Lipinski definition) is 3. The second kappa shape index (κ2) is 6.03. The maximum absolute atomic E-state index is 5.85. The Bertz CT molecular complexity index is 310. The fourth-order valence-corrected chi connectivity index (χ4v) is 2.35. The van der Waals surface area contributed by atoms with Gasteiger partial charge in [-0.15, -0.1) is 11.8 Å². The number of benzene rings is 1. The van der Waals surface area contributed by atoms with Crippen LogP contribution in [-0.4, -0.2) is 31.3 Å². The van der Waals surface area contributed by atoms with Gasteiger partial charge in [-0.05, 0) is 57.4 Å². The van der Waals surface area contributed by atoms with E-state index in [0.29, 0.717) is 0 Å². The topological polar surface area (TPSA) is 29.3 Å². The van der Waals surface area contributed by atoms with Crippen molar-refractivity contribution in [2.45, 2.75) is 18.2 Å². The molecule has 0 saturated heterocycles. The van der Waals surface area contributed by atoms with E-state index in [0.717, 1.165) is 18.0 Å². The van der Waals surface area contributed by atoms with Gasteiger partial charge in [0.25, 0.3) is 0 Å². The molecule has 0 aliphatic heterocycles. The van der Waals surface area contributed by atoms with Gasteiger partial charge in [0.2, 0.25) is 0 Å². The average molecular weight is 224 g/mol. The van der Waals surface area contributed by atoms with E-state index in [1.54, 1.807) is 0 Å². The molecule has 0 atom stereocenters. The summed E-state index contributed by atoms with van der Waals surface area (Å²) in [5.41, 5.74) is 7.96. The van der Waals surface area contributed by atoms with Crippen molar-refractivity contribution >= 4 is 17.4 Å². The number of hydrogen-bond donors (Lipinski definition) is 1. The molecule has 0 aliphatic rings. The Morgan fingerprint density at radius 2 is 2.07 bits per heavy atom. The van der Waals surface area contributed by atoms with E-state index < -0.39 is 0 Å². The molecule has 0 amide bonds. The van der Waals surface area contributed by atoms with Crippen LogP contribution in [0.25, 0.3) is 0 Å². The van der Waals surface area contributed by atoms with Crippen LogP contribution in [0.15, 0.2) is 23.1 Å². The number of anilines is 1. The predicted molar refractivity (Wildman–Crippen MR) is 69.5 cm³/mol. The molecule has 1 aromatic carbocycles. The second-order valence-corrected chi connectivity index (χ2v) is 5.11. The summed E-state index contributed by atoms with van der Waals surface area (Å²) in [6.45, 7) is 3.23. The minimum absolute atomic E-state index is 0.896. The Hall–Kier alpha value is -0.670. The number of rotatable bonds is 5. The van der Waals surface area contributed by atoms with Crippen molar-refractivity contribution in [1.29, 1.82) is 0 Å². The Morgan fingerprint density at radius 1 is 1.33 bits per heavy atom. The van der Waals surface area contributed by atoms with E-state index in [-0.39, 0.29) is 0 Å². The monoisotopic (exact) mass is 224 g/mol. The lowest BCUT2D eigenvalue weighted by Crippen LogP contribution is -2.13. The highest BCUT2D eigenvalue weighted by molar-refractivity contribution is 7.99. The van der Waals surface area contributed by atoms with Crippen molar-refractivity contribution in [2.75, 3.05) is 32.1 Å². The van der Waals surface area contributed by atoms with Gasteiger partial charge in [0.15, 0.2) is 0 Å². The Kier molecular flexibility index (Phi) is 4.99. The summed E-state index contributed by atoms with van der Waals surface area (Å²) < 4.78 is 0. The molecule has 0 spiro atoms. The van der Waals surface area contributed by atoms with Gasteiger partial charge in [-0.3, -0.25) is 0 Å². The summed E-state index contributed by atoms with van der Waals surface area (Å²) in [5.74, 6) is 1.16. The quantitative estimate of drug-likeness (QED) is 0.473. The third-order valence-corrected chi connectivity index (χ3v) is 3.58. The van der Waals surface area contributed by atoms with Crippen LogP contribution in [0.1, 0.15) is 12.0 Å². The molecule has 15 heavy (non-hydrogen) atoms. The maximum Gasteiger partial charge on any atom is 0.0354 e. The van der Waals surface area contributed by atoms with E-state index >= 15 is 0 Å². The van der Waals surface area contributed by atoms with Gasteiger partial charge in [-0.2, -0.15) is 0 Å². The summed E-state index contributed by atoms with van der Waals surface area (Å²) in [4.78, 5) is 3.53. The van der Waals surface area contributed by atoms with E-state index in [9.17, 15) is 0 Å². The molecule has 0 bridgehead atoms. The Labute approximate surface area is 96.8 Å². The first kappa shape index (κ1) is 12.4. The van der Waals surface area contributed by atoms with Crippen molar-refractivity contribution < 1.29 is 0 Å². The number of thioether (sulfide) groups is 1. The highest BCUT2D eigenvalue weighted by Gasteiger charge is 2.01. The van der Waals surface area contributed by atoms with Gasteiger partial charge < -0.3 is 10.6 Å². The number of nitrogens with zero attached hydrogens (tertiary/aromatic N) is 1. The zero-order chi connectivity index (χ0) is 11.3. The average Bonchev–Trinajstić information content (AvgIpc) is 2.18. The standard InChI is InChI=1S/C12H20N2S/c1-10-11(13)6-4-7-12(10)15-9-5-8-14(2)3/h4,6-7H,5,8-9,13H2,1-3H3. The molecule has 1 rings (SSSR count). The van der Waals surface area contributed by atoms with Crippen LogP contribution in [0.3, 0.4) is 0 Å². The van der Waals surface area contributed by atoms with Gasteiger partial charge in [0, 0.05) is 10.6 Å². The zero-order valence-electron chi connectivity index (χ0n) is 9.79. The summed E-state index contributed by atoms with van der Waals surface area (Å²) in [5, 5.41) is 0. The summed E-state index contributed by atoms with van der Waals surface area (Å²) in [7, 11) is 4.22. The van der Waals surface area contributed by atoms with Crippen LogP contribution in [-0.2, 0) is 0 Å². The molecule has 2 nitrogen and oxygen atoms in total. The van der Waals surface area contributed by atoms with Crippen molar-refractivity contribution in [3.05, 3.63) is 23.8 Å². The van der Waals surface area contributed by atoms with Crippen molar-refractivity contribution in [1.82, 2.24) is 4.90 Å². The molecule has 2 N–H and O–H groups in total. The first-order valence-electron chi connectivity index (χ1n) is 5.24. The normalized spacial score (nSPS) is 10.9. The summed E-state index contributed by atoms with van der Waals surface area (Å²) in [6, 6.07) is 6.13. The molecule has 1 aromatic rings. The second-order valence-electron chi connectivity index (χ2n) is 3.98. The molecule has 0 unspecified atom stereocenters. The highest BCUT2D eigenvalue weighted by Crippen LogP contribution is 2.26. The first-order valence-corrected chi connectivity index (χ1v) is 6.22. The van der Waals surface area contributed by atoms with Crippen LogP contribution < -0.4 is 5.73 Å². The van der Waals surface area contributed by atoms with Crippen LogP contribution in [0.5, 0.6) is 0 Å². The third kappa shape index (κ3) is 4.14. The third-order valence-electron chi connectivity index (χ3n) is 2.33. The molecule has 0 aliphatic carbocycles. The molecule has 3 heteroatoms. The number of nitrogens with two attached hydrogens (primary N) is 1. The van der Waals surface area contributed by atoms with Gasteiger partial charge in [0.05, 0.1) is 0 Å². The van der Waals surface area contributed by atoms with Crippen molar-refractivity contribution in [3.63, 3.8) is 0 Å². The lowest BCUT2D eigenvalue weighted by molar-refractivity contribution is 0.410. The molecule has 0 aromatic heterocycles. The predicted octanol–water partition coefficient (Wildman–Crippen LogP) is 2.62. The lowest BCUT2D eigenvalue weighted by Gasteiger charge is -2.10. The summed E-state index contributed by atoms with van der Waals surface area (Å²) >= 11 is 1.90. The van der Waals surface area contributed by atoms with E-state index in [4.69, 9.17) is 5.73 Å². The van der Waals surface area contributed by atoms with Gasteiger partial charge in [-0.25, -0.2) is 0 Å². The molecular formula is C12H20N2S. The van der Waals surface area contributed by atoms with E-state index in [2.05, 4.69) is 32.0 Å². The Balaban J connectivity index is 2.41. The minimum atomic E-state index is 0.896. The SMILES string of the molecule is Cc1c(N)cccc1SCCCN(C)C. The number of nitrogen functional groups attached to an aromatic ring is 1. The molecule has 0 heterocycles. The van der Waals surface area contributed by atoms with Crippen molar-refractivity contribution in [3.8, 4) is 0 Å². The zero-order valence-corrected chi connectivity index (χ0v) is 10.6. The van der Waals surface area contributed by atoms with Gasteiger partial charge in [0.1, 0.15) is 0 Å². The first-order chi connectivity index (χ1) is 7.11. The van der Waals surface area contributed by atoms with Crippen LogP contribution in [0, 0.1) is 6.92 Å². The van der Waals surface area contributed by atoms with E-state index in [1.165, 1.54) is 16.9 Å². The fourth-order valence-electron chi connectivity index (χ4n) is 1.35. The molecular weight excluding hydrogens is 204 g/mol. The molecule has 84 valence electrons. The van der Waals surface area contributed by atoms with Crippen LogP contribution in [0.2, 0.25) is 0 Å². The highest BCUT2D eigenvalue weighted by atomic mass is 32.2. The smallest absolute Gasteiger partial charge is 0.0354 e. The largest absolute Gasteiger partial charge is 0.398 e. The van der Waals surface area contributed by atoms with E-state index in [1.807, 2.05) is 23.9 Å². The summed E-state index contributed by atoms with van der Waals surface area (Å²) in [6.07, 6.45) is 1.21. The maximum atomic E-state index is 5.85. The van der Waals surface area contributed by atoms with Gasteiger partial charge in [-0.1, -0.05) is 6.07 Å².